The molecule has 0 atom stereocenters. The second kappa shape index (κ2) is 15.9. The van der Waals surface area contributed by atoms with E-state index in [0.717, 1.165) is 13.1 Å². The van der Waals surface area contributed by atoms with Crippen molar-refractivity contribution in [3.05, 3.63) is 12.7 Å². The smallest absolute Gasteiger partial charge is 0.0132 e. The molecule has 0 heterocycles. The standard InChI is InChI=1S/C6H13N.C2H7N/c1-3-5-7-6-4-2;1-3-2/h3,7H,1,4-6H2,2H3;3H,1-2H3. The molecule has 0 saturated carbocycles. The molecule has 0 fully saturated rings. The summed E-state index contributed by atoms with van der Waals surface area (Å²) < 4.78 is 0. The van der Waals surface area contributed by atoms with Gasteiger partial charge in [-0.15, -0.1) is 6.58 Å². The van der Waals surface area contributed by atoms with E-state index in [2.05, 4.69) is 24.1 Å². The first-order chi connectivity index (χ1) is 4.83. The molecule has 0 bridgehead atoms. The van der Waals surface area contributed by atoms with E-state index in [9.17, 15) is 0 Å². The maximum atomic E-state index is 3.57. The molecule has 0 aromatic rings. The molecule has 0 saturated heterocycles. The Bertz CT molecular complexity index is 53.2. The highest BCUT2D eigenvalue weighted by molar-refractivity contribution is 4.68. The van der Waals surface area contributed by atoms with E-state index in [1.807, 2.05) is 20.2 Å². The van der Waals surface area contributed by atoms with E-state index in [1.54, 1.807) is 0 Å². The largest absolute Gasteiger partial charge is 0.323 e. The Morgan fingerprint density at radius 3 is 2.20 bits per heavy atom. The van der Waals surface area contributed by atoms with Crippen molar-refractivity contribution < 1.29 is 0 Å². The third-order valence-electron chi connectivity index (χ3n) is 0.715. The first kappa shape index (κ1) is 12.3. The fraction of sp³-hybridized carbons (Fsp3) is 0.750. The highest BCUT2D eigenvalue weighted by Crippen LogP contribution is 1.67. The zero-order valence-corrected chi connectivity index (χ0v) is 7.41. The number of hydrogen-bond acceptors (Lipinski definition) is 2. The van der Waals surface area contributed by atoms with Gasteiger partial charge in [0.2, 0.25) is 0 Å². The Hall–Kier alpha value is -0.340. The lowest BCUT2D eigenvalue weighted by Crippen LogP contribution is -2.13. The maximum absolute atomic E-state index is 3.57. The molecule has 0 aromatic heterocycles. The second-order valence-corrected chi connectivity index (χ2v) is 1.99. The van der Waals surface area contributed by atoms with Gasteiger partial charge in [0.1, 0.15) is 0 Å². The van der Waals surface area contributed by atoms with Gasteiger partial charge in [-0.3, -0.25) is 0 Å². The van der Waals surface area contributed by atoms with E-state index < -0.39 is 0 Å². The summed E-state index contributed by atoms with van der Waals surface area (Å²) in [5, 5.41) is 5.92. The minimum absolute atomic E-state index is 0.938. The van der Waals surface area contributed by atoms with Gasteiger partial charge in [0.25, 0.3) is 0 Å². The molecule has 0 unspecified atom stereocenters. The fourth-order valence-corrected chi connectivity index (χ4v) is 0.381. The van der Waals surface area contributed by atoms with Crippen LogP contribution in [0, 0.1) is 0 Å². The van der Waals surface area contributed by atoms with E-state index in [1.165, 1.54) is 6.42 Å². The lowest BCUT2D eigenvalue weighted by molar-refractivity contribution is 0.730. The Balaban J connectivity index is 0. The van der Waals surface area contributed by atoms with Crippen LogP contribution in [0.15, 0.2) is 12.7 Å². The minimum atomic E-state index is 0.938. The summed E-state index contributed by atoms with van der Waals surface area (Å²) in [5.74, 6) is 0. The molecular weight excluding hydrogens is 124 g/mol. The molecule has 2 heteroatoms. The van der Waals surface area contributed by atoms with Crippen molar-refractivity contribution in [3.63, 3.8) is 0 Å². The third kappa shape index (κ3) is 25.4. The average Bonchev–Trinajstić information content (AvgIpc) is 1.91. The highest BCUT2D eigenvalue weighted by atomic mass is 14.8. The van der Waals surface area contributed by atoms with E-state index in [0.29, 0.717) is 0 Å². The summed E-state index contributed by atoms with van der Waals surface area (Å²) in [7, 11) is 3.75. The van der Waals surface area contributed by atoms with Crippen LogP contribution in [-0.4, -0.2) is 27.2 Å². The van der Waals surface area contributed by atoms with Gasteiger partial charge in [-0.1, -0.05) is 13.0 Å². The molecule has 2 N–H and O–H groups in total. The third-order valence-corrected chi connectivity index (χ3v) is 0.715. The highest BCUT2D eigenvalue weighted by Gasteiger charge is 1.73. The molecule has 0 rings (SSSR count). The molecule has 0 radical (unpaired) electrons. The van der Waals surface area contributed by atoms with Crippen LogP contribution >= 0.6 is 0 Å². The van der Waals surface area contributed by atoms with Crippen LogP contribution in [0.25, 0.3) is 0 Å². The SMILES string of the molecule is C=CCNCCC.CNC. The van der Waals surface area contributed by atoms with Crippen molar-refractivity contribution in [1.29, 1.82) is 0 Å². The van der Waals surface area contributed by atoms with Gasteiger partial charge in [0, 0.05) is 6.54 Å². The van der Waals surface area contributed by atoms with Gasteiger partial charge in [-0.25, -0.2) is 0 Å². The van der Waals surface area contributed by atoms with Crippen molar-refractivity contribution in [2.45, 2.75) is 13.3 Å². The van der Waals surface area contributed by atoms with Crippen LogP contribution in [0.4, 0.5) is 0 Å². The summed E-state index contributed by atoms with van der Waals surface area (Å²) in [4.78, 5) is 0. The number of hydrogen-bond donors (Lipinski definition) is 2. The van der Waals surface area contributed by atoms with Crippen LogP contribution in [-0.2, 0) is 0 Å². The monoisotopic (exact) mass is 144 g/mol. The summed E-state index contributed by atoms with van der Waals surface area (Å²) in [5.41, 5.74) is 0. The molecule has 2 nitrogen and oxygen atoms in total. The van der Waals surface area contributed by atoms with Crippen molar-refractivity contribution in [3.8, 4) is 0 Å². The summed E-state index contributed by atoms with van der Waals surface area (Å²) >= 11 is 0. The van der Waals surface area contributed by atoms with Gasteiger partial charge in [-0.05, 0) is 27.1 Å². The Morgan fingerprint density at radius 2 is 1.90 bits per heavy atom. The molecular formula is C8H20N2. The van der Waals surface area contributed by atoms with E-state index >= 15 is 0 Å². The normalized spacial score (nSPS) is 7.90. The van der Waals surface area contributed by atoms with Crippen molar-refractivity contribution >= 4 is 0 Å². The Kier molecular flexibility index (Phi) is 19.6. The minimum Gasteiger partial charge on any atom is -0.323 e. The van der Waals surface area contributed by atoms with Crippen molar-refractivity contribution in [2.24, 2.45) is 0 Å². The molecule has 0 amide bonds. The molecule has 0 spiro atoms. The molecule has 0 aliphatic heterocycles. The zero-order chi connectivity index (χ0) is 8.24. The van der Waals surface area contributed by atoms with Gasteiger partial charge in [-0.2, -0.15) is 0 Å². The summed E-state index contributed by atoms with van der Waals surface area (Å²) in [6.07, 6.45) is 3.07. The fourth-order valence-electron chi connectivity index (χ4n) is 0.381. The second-order valence-electron chi connectivity index (χ2n) is 1.99. The molecule has 62 valence electrons. The first-order valence-corrected chi connectivity index (χ1v) is 3.73. The molecule has 0 aliphatic carbocycles. The lowest BCUT2D eigenvalue weighted by Gasteiger charge is -1.93. The van der Waals surface area contributed by atoms with Crippen LogP contribution < -0.4 is 10.6 Å². The average molecular weight is 144 g/mol. The Labute approximate surface area is 64.7 Å². The molecule has 0 aromatic carbocycles. The zero-order valence-electron chi connectivity index (χ0n) is 7.41. The number of rotatable bonds is 4. The van der Waals surface area contributed by atoms with E-state index in [-0.39, 0.29) is 0 Å². The van der Waals surface area contributed by atoms with Crippen LogP contribution in [0.5, 0.6) is 0 Å². The predicted molar refractivity (Wildman–Crippen MR) is 48.3 cm³/mol. The van der Waals surface area contributed by atoms with Gasteiger partial charge in [0.05, 0.1) is 0 Å². The van der Waals surface area contributed by atoms with Crippen LogP contribution in [0.2, 0.25) is 0 Å². The van der Waals surface area contributed by atoms with Gasteiger partial charge < -0.3 is 10.6 Å². The van der Waals surface area contributed by atoms with Gasteiger partial charge >= 0.3 is 0 Å². The Morgan fingerprint density at radius 1 is 1.40 bits per heavy atom. The predicted octanol–water partition coefficient (Wildman–Crippen LogP) is 1.01. The summed E-state index contributed by atoms with van der Waals surface area (Å²) in [6.45, 7) is 7.76. The first-order valence-electron chi connectivity index (χ1n) is 3.73. The van der Waals surface area contributed by atoms with Crippen LogP contribution in [0.1, 0.15) is 13.3 Å². The van der Waals surface area contributed by atoms with E-state index in [4.69, 9.17) is 0 Å². The lowest BCUT2D eigenvalue weighted by atomic mass is 10.5. The quantitative estimate of drug-likeness (QED) is 0.454. The van der Waals surface area contributed by atoms with Crippen molar-refractivity contribution in [2.75, 3.05) is 27.2 Å². The van der Waals surface area contributed by atoms with Crippen molar-refractivity contribution in [1.82, 2.24) is 10.6 Å². The molecule has 0 aliphatic rings. The molecule has 10 heavy (non-hydrogen) atoms. The topological polar surface area (TPSA) is 24.1 Å². The van der Waals surface area contributed by atoms with Gasteiger partial charge in [0.15, 0.2) is 0 Å². The maximum Gasteiger partial charge on any atom is 0.0132 e. The van der Waals surface area contributed by atoms with Crippen LogP contribution in [0.3, 0.4) is 0 Å². The number of nitrogens with one attached hydrogen (secondary N) is 2. The summed E-state index contributed by atoms with van der Waals surface area (Å²) in [6, 6.07) is 0.